The van der Waals surface area contributed by atoms with E-state index in [1.165, 1.54) is 6.07 Å². The van der Waals surface area contributed by atoms with Crippen LogP contribution in [0.2, 0.25) is 5.02 Å². The Kier molecular flexibility index (Phi) is 4.87. The highest BCUT2D eigenvalue weighted by Crippen LogP contribution is 2.26. The second-order valence-corrected chi connectivity index (χ2v) is 5.76. The number of hydrogen-bond donors (Lipinski definition) is 2. The van der Waals surface area contributed by atoms with Crippen LogP contribution in [0.5, 0.6) is 0 Å². The number of anilines is 1. The number of furan rings is 1. The molecule has 2 heterocycles. The molecule has 0 amide bonds. The first-order valence-corrected chi connectivity index (χ1v) is 7.87. The lowest BCUT2D eigenvalue weighted by Crippen LogP contribution is -2.10. The monoisotopic (exact) mass is 349 g/mol. The van der Waals surface area contributed by atoms with Gasteiger partial charge in [-0.25, -0.2) is 9.07 Å². The molecule has 0 aliphatic heterocycles. The van der Waals surface area contributed by atoms with E-state index in [0.717, 1.165) is 28.4 Å². The number of benzene rings is 1. The van der Waals surface area contributed by atoms with Crippen molar-refractivity contribution in [3.63, 3.8) is 0 Å². The van der Waals surface area contributed by atoms with Crippen LogP contribution >= 0.6 is 11.6 Å². The molecule has 0 unspecified atom stereocenters. The van der Waals surface area contributed by atoms with Crippen molar-refractivity contribution in [3.05, 3.63) is 58.8 Å². The molecule has 0 fully saturated rings. The molecule has 2 N–H and O–H groups in total. The topological polar surface area (TPSA) is 63.2 Å². The Morgan fingerprint density at radius 2 is 2.17 bits per heavy atom. The molecule has 0 saturated heterocycles. The Morgan fingerprint density at radius 1 is 1.33 bits per heavy atom. The van der Waals surface area contributed by atoms with E-state index in [-0.39, 0.29) is 11.6 Å². The quantitative estimate of drug-likeness (QED) is 0.709. The summed E-state index contributed by atoms with van der Waals surface area (Å²) in [7, 11) is 0. The Morgan fingerprint density at radius 3 is 2.83 bits per heavy atom. The van der Waals surface area contributed by atoms with E-state index in [0.29, 0.717) is 13.1 Å². The normalized spacial score (nSPS) is 11.0. The average molecular weight is 350 g/mol. The summed E-state index contributed by atoms with van der Waals surface area (Å²) >= 11 is 5.80. The van der Waals surface area contributed by atoms with Crippen molar-refractivity contribution in [2.75, 3.05) is 11.9 Å². The van der Waals surface area contributed by atoms with Gasteiger partial charge in [-0.2, -0.15) is 5.10 Å². The van der Waals surface area contributed by atoms with Gasteiger partial charge in [-0.15, -0.1) is 0 Å². The molecule has 5 nitrogen and oxygen atoms in total. The van der Waals surface area contributed by atoms with Gasteiger partial charge in [0.1, 0.15) is 17.4 Å². The summed E-state index contributed by atoms with van der Waals surface area (Å²) in [5.74, 6) is 1.09. The van der Waals surface area contributed by atoms with Gasteiger partial charge < -0.3 is 14.8 Å². The molecule has 0 aliphatic rings. The highest BCUT2D eigenvalue weighted by molar-refractivity contribution is 6.30. The number of halogens is 2. The fraction of sp³-hybridized carbons (Fsp3) is 0.235. The summed E-state index contributed by atoms with van der Waals surface area (Å²) < 4.78 is 20.2. The molecule has 1 aromatic carbocycles. The predicted molar refractivity (Wildman–Crippen MR) is 90.5 cm³/mol. The summed E-state index contributed by atoms with van der Waals surface area (Å²) in [5, 5.41) is 17.1. The Hall–Kier alpha value is -2.31. The smallest absolute Gasteiger partial charge is 0.141 e. The second-order valence-electron chi connectivity index (χ2n) is 5.35. The zero-order chi connectivity index (χ0) is 17.1. The van der Waals surface area contributed by atoms with Gasteiger partial charge in [-0.3, -0.25) is 0 Å². The van der Waals surface area contributed by atoms with Crippen LogP contribution in [0.1, 0.15) is 11.3 Å². The van der Waals surface area contributed by atoms with Crippen molar-refractivity contribution in [1.29, 1.82) is 0 Å². The van der Waals surface area contributed by atoms with Crippen molar-refractivity contribution >= 4 is 17.4 Å². The number of aliphatic hydroxyl groups excluding tert-OH is 1. The predicted octanol–water partition coefficient (Wildman–Crippen LogP) is 3.85. The Bertz CT molecular complexity index is 844. The van der Waals surface area contributed by atoms with Gasteiger partial charge in [0.2, 0.25) is 0 Å². The molecular formula is C17H17ClFN3O2. The van der Waals surface area contributed by atoms with Crippen LogP contribution in [0.3, 0.4) is 0 Å². The number of rotatable bonds is 6. The van der Waals surface area contributed by atoms with E-state index >= 15 is 0 Å². The highest BCUT2D eigenvalue weighted by atomic mass is 35.5. The third-order valence-corrected chi connectivity index (χ3v) is 3.97. The largest absolute Gasteiger partial charge is 0.469 e. The zero-order valence-corrected chi connectivity index (χ0v) is 13.8. The fourth-order valence-corrected chi connectivity index (χ4v) is 2.65. The highest BCUT2D eigenvalue weighted by Gasteiger charge is 2.13. The number of nitrogens with zero attached hydrogens (tertiary/aromatic N) is 2. The summed E-state index contributed by atoms with van der Waals surface area (Å²) in [6.45, 7) is 2.67. The number of aliphatic hydroxyl groups is 1. The molecule has 7 heteroatoms. The number of aryl methyl sites for hydroxylation is 1. The van der Waals surface area contributed by atoms with Crippen molar-refractivity contribution in [1.82, 2.24) is 9.78 Å². The van der Waals surface area contributed by atoms with Gasteiger partial charge in [0.25, 0.3) is 0 Å². The van der Waals surface area contributed by atoms with E-state index in [1.54, 1.807) is 23.1 Å². The lowest BCUT2D eigenvalue weighted by molar-refractivity contribution is 0.270. The number of hydrogen-bond acceptors (Lipinski definition) is 4. The molecule has 0 spiro atoms. The van der Waals surface area contributed by atoms with Crippen LogP contribution in [-0.2, 0) is 13.1 Å². The molecule has 0 radical (unpaired) electrons. The molecule has 0 bridgehead atoms. The Labute approximate surface area is 143 Å². The van der Waals surface area contributed by atoms with E-state index in [1.807, 2.05) is 19.1 Å². The van der Waals surface area contributed by atoms with E-state index < -0.39 is 5.82 Å². The van der Waals surface area contributed by atoms with Gasteiger partial charge in [0, 0.05) is 18.2 Å². The molecular weight excluding hydrogens is 333 g/mol. The number of nitrogens with one attached hydrogen (secondary N) is 1. The van der Waals surface area contributed by atoms with Gasteiger partial charge in [0.05, 0.1) is 30.1 Å². The Balaban J connectivity index is 1.82. The first kappa shape index (κ1) is 16.5. The van der Waals surface area contributed by atoms with E-state index in [2.05, 4.69) is 10.4 Å². The first-order chi connectivity index (χ1) is 11.6. The van der Waals surface area contributed by atoms with Crippen LogP contribution in [0.25, 0.3) is 11.3 Å². The minimum Gasteiger partial charge on any atom is -0.469 e. The SMILES string of the molecule is Cc1occc1-c1cc(NCc2ccc(F)c(Cl)c2)n(CCO)n1. The van der Waals surface area contributed by atoms with E-state index in [4.69, 9.17) is 16.0 Å². The molecule has 126 valence electrons. The lowest BCUT2D eigenvalue weighted by Gasteiger charge is -2.09. The van der Waals surface area contributed by atoms with E-state index in [9.17, 15) is 9.50 Å². The summed E-state index contributed by atoms with van der Waals surface area (Å²) in [4.78, 5) is 0. The summed E-state index contributed by atoms with van der Waals surface area (Å²) in [6.07, 6.45) is 1.61. The molecule has 0 saturated carbocycles. The molecule has 3 aromatic rings. The number of aromatic nitrogens is 2. The van der Waals surface area contributed by atoms with Crippen LogP contribution in [-0.4, -0.2) is 21.5 Å². The maximum absolute atomic E-state index is 13.2. The van der Waals surface area contributed by atoms with Crippen LogP contribution in [0.15, 0.2) is 41.0 Å². The molecule has 0 atom stereocenters. The van der Waals surface area contributed by atoms with Gasteiger partial charge in [0.15, 0.2) is 0 Å². The van der Waals surface area contributed by atoms with Crippen LogP contribution in [0, 0.1) is 12.7 Å². The van der Waals surface area contributed by atoms with Crippen molar-refractivity contribution in [2.24, 2.45) is 0 Å². The molecule has 0 aliphatic carbocycles. The third kappa shape index (κ3) is 3.44. The molecule has 24 heavy (non-hydrogen) atoms. The van der Waals surface area contributed by atoms with Crippen molar-refractivity contribution < 1.29 is 13.9 Å². The summed E-state index contributed by atoms with van der Waals surface area (Å²) in [6, 6.07) is 8.33. The van der Waals surface area contributed by atoms with Gasteiger partial charge in [-0.1, -0.05) is 17.7 Å². The fourth-order valence-electron chi connectivity index (χ4n) is 2.45. The second kappa shape index (κ2) is 7.07. The van der Waals surface area contributed by atoms with Crippen LogP contribution in [0.4, 0.5) is 10.2 Å². The minimum atomic E-state index is -0.441. The zero-order valence-electron chi connectivity index (χ0n) is 13.1. The van der Waals surface area contributed by atoms with Gasteiger partial charge in [-0.05, 0) is 30.7 Å². The maximum atomic E-state index is 13.2. The third-order valence-electron chi connectivity index (χ3n) is 3.68. The minimum absolute atomic E-state index is 0.0253. The van der Waals surface area contributed by atoms with Crippen molar-refractivity contribution in [3.8, 4) is 11.3 Å². The maximum Gasteiger partial charge on any atom is 0.141 e. The molecule has 2 aromatic heterocycles. The summed E-state index contributed by atoms with van der Waals surface area (Å²) in [5.41, 5.74) is 2.51. The first-order valence-electron chi connectivity index (χ1n) is 7.49. The van der Waals surface area contributed by atoms with Crippen LogP contribution < -0.4 is 5.32 Å². The van der Waals surface area contributed by atoms with Crippen molar-refractivity contribution in [2.45, 2.75) is 20.0 Å². The van der Waals surface area contributed by atoms with Gasteiger partial charge >= 0.3 is 0 Å². The lowest BCUT2D eigenvalue weighted by atomic mass is 10.2. The molecule has 3 rings (SSSR count). The standard InChI is InChI=1S/C17H17ClFN3O2/c1-11-13(4-7-24-11)16-9-17(22(21-16)5-6-23)20-10-12-2-3-15(19)14(18)8-12/h2-4,7-9,20,23H,5-6,10H2,1H3. The average Bonchev–Trinajstić information content (AvgIpc) is 3.15.